The molecule has 0 amide bonds. The summed E-state index contributed by atoms with van der Waals surface area (Å²) < 4.78 is 0. The van der Waals surface area contributed by atoms with Crippen LogP contribution in [-0.4, -0.2) is 17.5 Å². The Hall–Kier alpha value is 0.310. The number of hydrogen-bond donors (Lipinski definition) is 1. The third-order valence-electron chi connectivity index (χ3n) is 3.18. The molecule has 0 heterocycles. The molecule has 2 N–H and O–H groups in total. The highest BCUT2D eigenvalue weighted by Crippen LogP contribution is 2.30. The van der Waals surface area contributed by atoms with Gasteiger partial charge in [-0.3, -0.25) is 0 Å². The molecule has 78 valence electrons. The van der Waals surface area contributed by atoms with E-state index in [9.17, 15) is 0 Å². The third kappa shape index (κ3) is 3.90. The average Bonchev–Trinajstić information content (AvgIpc) is 2.15. The molecule has 1 aliphatic carbocycles. The predicted octanol–water partition coefficient (Wildman–Crippen LogP) is 2.89. The molecule has 0 aromatic carbocycles. The highest BCUT2D eigenvalue weighted by Gasteiger charge is 2.23. The fourth-order valence-corrected chi connectivity index (χ4v) is 2.88. The van der Waals surface area contributed by atoms with Crippen molar-refractivity contribution in [2.75, 3.05) is 11.5 Å². The maximum Gasteiger partial charge on any atom is 0.0158 e. The largest absolute Gasteiger partial charge is 0.327 e. The lowest BCUT2D eigenvalue weighted by Crippen LogP contribution is -2.34. The Bertz CT molecular complexity index is 130. The third-order valence-corrected chi connectivity index (χ3v) is 4.21. The highest BCUT2D eigenvalue weighted by molar-refractivity contribution is 7.99. The normalized spacial score (nSPS) is 31.6. The van der Waals surface area contributed by atoms with Crippen molar-refractivity contribution in [3.8, 4) is 0 Å². The van der Waals surface area contributed by atoms with E-state index >= 15 is 0 Å². The van der Waals surface area contributed by atoms with Crippen LogP contribution < -0.4 is 5.73 Å². The van der Waals surface area contributed by atoms with Crippen molar-refractivity contribution < 1.29 is 0 Å². The van der Waals surface area contributed by atoms with E-state index in [2.05, 4.69) is 13.8 Å². The van der Waals surface area contributed by atoms with Gasteiger partial charge in [0.15, 0.2) is 0 Å². The summed E-state index contributed by atoms with van der Waals surface area (Å²) in [7, 11) is 0. The van der Waals surface area contributed by atoms with Crippen LogP contribution in [0.5, 0.6) is 0 Å². The van der Waals surface area contributed by atoms with Crippen molar-refractivity contribution in [3.05, 3.63) is 0 Å². The predicted molar refractivity (Wildman–Crippen MR) is 62.1 cm³/mol. The SMILES string of the molecule is CCSCC(N)C1CCC(C)CC1. The molecule has 0 radical (unpaired) electrons. The first-order chi connectivity index (χ1) is 6.24. The van der Waals surface area contributed by atoms with Gasteiger partial charge in [0.05, 0.1) is 0 Å². The van der Waals surface area contributed by atoms with E-state index in [0.717, 1.165) is 17.6 Å². The van der Waals surface area contributed by atoms with Gasteiger partial charge in [0.25, 0.3) is 0 Å². The topological polar surface area (TPSA) is 26.0 Å². The molecule has 1 atom stereocenters. The first-order valence-corrected chi connectivity index (χ1v) is 6.72. The molecule has 0 spiro atoms. The Morgan fingerprint density at radius 1 is 1.31 bits per heavy atom. The van der Waals surface area contributed by atoms with E-state index in [4.69, 9.17) is 5.73 Å². The van der Waals surface area contributed by atoms with E-state index in [1.165, 1.54) is 31.4 Å². The molecule has 1 nitrogen and oxygen atoms in total. The number of hydrogen-bond acceptors (Lipinski definition) is 2. The molecule has 1 rings (SSSR count). The number of thioether (sulfide) groups is 1. The van der Waals surface area contributed by atoms with E-state index in [1.54, 1.807) is 0 Å². The van der Waals surface area contributed by atoms with Gasteiger partial charge in [-0.25, -0.2) is 0 Å². The molecule has 1 saturated carbocycles. The van der Waals surface area contributed by atoms with Crippen LogP contribution in [0.3, 0.4) is 0 Å². The van der Waals surface area contributed by atoms with Crippen molar-refractivity contribution in [2.24, 2.45) is 17.6 Å². The summed E-state index contributed by atoms with van der Waals surface area (Å²) in [5.41, 5.74) is 6.16. The first-order valence-electron chi connectivity index (χ1n) is 5.57. The van der Waals surface area contributed by atoms with Gasteiger partial charge in [-0.2, -0.15) is 11.8 Å². The van der Waals surface area contributed by atoms with Crippen molar-refractivity contribution in [3.63, 3.8) is 0 Å². The quantitative estimate of drug-likeness (QED) is 0.757. The van der Waals surface area contributed by atoms with Gasteiger partial charge < -0.3 is 5.73 Å². The minimum absolute atomic E-state index is 0.456. The van der Waals surface area contributed by atoms with E-state index in [-0.39, 0.29) is 0 Å². The van der Waals surface area contributed by atoms with Gasteiger partial charge in [-0.05, 0) is 30.4 Å². The monoisotopic (exact) mass is 201 g/mol. The van der Waals surface area contributed by atoms with Gasteiger partial charge >= 0.3 is 0 Å². The van der Waals surface area contributed by atoms with Crippen molar-refractivity contribution >= 4 is 11.8 Å². The summed E-state index contributed by atoms with van der Waals surface area (Å²) in [4.78, 5) is 0. The van der Waals surface area contributed by atoms with Gasteiger partial charge in [-0.15, -0.1) is 0 Å². The summed E-state index contributed by atoms with van der Waals surface area (Å²) >= 11 is 1.99. The second kappa shape index (κ2) is 5.92. The van der Waals surface area contributed by atoms with Crippen molar-refractivity contribution in [1.82, 2.24) is 0 Å². The van der Waals surface area contributed by atoms with Crippen LogP contribution in [-0.2, 0) is 0 Å². The molecule has 1 unspecified atom stereocenters. The lowest BCUT2D eigenvalue weighted by molar-refractivity contribution is 0.264. The van der Waals surface area contributed by atoms with Crippen molar-refractivity contribution in [1.29, 1.82) is 0 Å². The Balaban J connectivity index is 2.19. The number of nitrogens with two attached hydrogens (primary N) is 1. The van der Waals surface area contributed by atoms with Crippen LogP contribution in [0.1, 0.15) is 39.5 Å². The van der Waals surface area contributed by atoms with Crippen molar-refractivity contribution in [2.45, 2.75) is 45.6 Å². The Morgan fingerprint density at radius 2 is 1.92 bits per heavy atom. The van der Waals surface area contributed by atoms with Gasteiger partial charge in [0, 0.05) is 11.8 Å². The zero-order chi connectivity index (χ0) is 9.68. The molecule has 1 fully saturated rings. The highest BCUT2D eigenvalue weighted by atomic mass is 32.2. The average molecular weight is 201 g/mol. The molecule has 0 aromatic heterocycles. The standard InChI is InChI=1S/C11H23NS/c1-3-13-8-11(12)10-6-4-9(2)5-7-10/h9-11H,3-8,12H2,1-2H3. The lowest BCUT2D eigenvalue weighted by atomic mass is 9.80. The molecule has 0 bridgehead atoms. The fourth-order valence-electron chi connectivity index (χ4n) is 2.10. The van der Waals surface area contributed by atoms with Gasteiger partial charge in [0.2, 0.25) is 0 Å². The fraction of sp³-hybridized carbons (Fsp3) is 1.00. The number of rotatable bonds is 4. The molecule has 13 heavy (non-hydrogen) atoms. The summed E-state index contributed by atoms with van der Waals surface area (Å²) in [6.45, 7) is 4.57. The summed E-state index contributed by atoms with van der Waals surface area (Å²) in [6, 6.07) is 0.456. The molecule has 2 heteroatoms. The van der Waals surface area contributed by atoms with Crippen LogP contribution >= 0.6 is 11.8 Å². The maximum absolute atomic E-state index is 6.16. The molecular weight excluding hydrogens is 178 g/mol. The minimum atomic E-state index is 0.456. The van der Waals surface area contributed by atoms with Crippen LogP contribution in [0.2, 0.25) is 0 Å². The van der Waals surface area contributed by atoms with Crippen LogP contribution in [0.4, 0.5) is 0 Å². The maximum atomic E-state index is 6.16. The van der Waals surface area contributed by atoms with Crippen LogP contribution in [0.25, 0.3) is 0 Å². The molecule has 0 saturated heterocycles. The molecule has 0 aliphatic heterocycles. The minimum Gasteiger partial charge on any atom is -0.327 e. The summed E-state index contributed by atoms with van der Waals surface area (Å²) in [6.07, 6.45) is 5.53. The van der Waals surface area contributed by atoms with E-state index < -0.39 is 0 Å². The Labute approximate surface area is 86.8 Å². The zero-order valence-corrected chi connectivity index (χ0v) is 9.78. The van der Waals surface area contributed by atoms with Gasteiger partial charge in [-0.1, -0.05) is 26.7 Å². The van der Waals surface area contributed by atoms with Crippen LogP contribution in [0.15, 0.2) is 0 Å². The molecular formula is C11H23NS. The second-order valence-electron chi connectivity index (χ2n) is 4.34. The van der Waals surface area contributed by atoms with Gasteiger partial charge in [0.1, 0.15) is 0 Å². The smallest absolute Gasteiger partial charge is 0.0158 e. The molecule has 0 aromatic rings. The Kier molecular flexibility index (Phi) is 5.18. The molecule has 1 aliphatic rings. The lowest BCUT2D eigenvalue weighted by Gasteiger charge is -2.30. The zero-order valence-electron chi connectivity index (χ0n) is 8.96. The van der Waals surface area contributed by atoms with E-state index in [0.29, 0.717) is 6.04 Å². The van der Waals surface area contributed by atoms with E-state index in [1.807, 2.05) is 11.8 Å². The summed E-state index contributed by atoms with van der Waals surface area (Å²) in [5, 5.41) is 0. The summed E-state index contributed by atoms with van der Waals surface area (Å²) in [5.74, 6) is 4.13. The van der Waals surface area contributed by atoms with Crippen LogP contribution in [0, 0.1) is 11.8 Å². The second-order valence-corrected chi connectivity index (χ2v) is 5.66. The first kappa shape index (κ1) is 11.4. The Morgan fingerprint density at radius 3 is 2.46 bits per heavy atom.